The number of methoxy groups -OCH3 is 1. The molecule has 2 aromatic carbocycles. The first-order chi connectivity index (χ1) is 16.4. The molecule has 2 heterocycles. The molecule has 1 fully saturated rings. The molecule has 34 heavy (non-hydrogen) atoms. The summed E-state index contributed by atoms with van der Waals surface area (Å²) < 4.78 is 18.7. The number of likely N-dealkylation sites (tertiary alicyclic amines) is 1. The van der Waals surface area contributed by atoms with E-state index in [0.717, 1.165) is 34.7 Å². The van der Waals surface area contributed by atoms with E-state index in [1.54, 1.807) is 43.5 Å². The Balaban J connectivity index is 1.55. The molecule has 0 spiro atoms. The molecule has 3 aromatic rings. The lowest BCUT2D eigenvalue weighted by Gasteiger charge is -2.40. The van der Waals surface area contributed by atoms with Crippen LogP contribution < -0.4 is 10.1 Å². The molecule has 6 nitrogen and oxygen atoms in total. The van der Waals surface area contributed by atoms with Gasteiger partial charge in [-0.2, -0.15) is 0 Å². The summed E-state index contributed by atoms with van der Waals surface area (Å²) in [7, 11) is 1.56. The van der Waals surface area contributed by atoms with Crippen molar-refractivity contribution < 1.29 is 18.7 Å². The molecule has 1 aliphatic rings. The lowest BCUT2D eigenvalue weighted by Crippen LogP contribution is -2.53. The molecule has 0 aliphatic carbocycles. The monoisotopic (exact) mass is 481 g/mol. The average molecular weight is 482 g/mol. The lowest BCUT2D eigenvalue weighted by atomic mass is 9.95. The van der Waals surface area contributed by atoms with E-state index in [1.807, 2.05) is 18.7 Å². The van der Waals surface area contributed by atoms with Crippen molar-refractivity contribution in [3.05, 3.63) is 70.6 Å². The van der Waals surface area contributed by atoms with Gasteiger partial charge in [0.1, 0.15) is 17.3 Å². The highest BCUT2D eigenvalue weighted by Crippen LogP contribution is 2.33. The van der Waals surface area contributed by atoms with Gasteiger partial charge in [0.2, 0.25) is 0 Å². The molecule has 8 heteroatoms. The summed E-state index contributed by atoms with van der Waals surface area (Å²) in [5.41, 5.74) is 1.66. The molecule has 1 aromatic heterocycles. The van der Waals surface area contributed by atoms with Crippen LogP contribution in [0.25, 0.3) is 10.4 Å². The van der Waals surface area contributed by atoms with Gasteiger partial charge >= 0.3 is 0 Å². The van der Waals surface area contributed by atoms with Gasteiger partial charge in [-0.3, -0.25) is 9.59 Å². The normalized spacial score (nSPS) is 17.9. The quantitative estimate of drug-likeness (QED) is 0.533. The molecule has 0 radical (unpaired) electrons. The van der Waals surface area contributed by atoms with Gasteiger partial charge in [0.15, 0.2) is 0 Å². The van der Waals surface area contributed by atoms with Crippen LogP contribution in [0.5, 0.6) is 5.75 Å². The maximum atomic E-state index is 13.8. The van der Waals surface area contributed by atoms with Crippen LogP contribution in [0.1, 0.15) is 52.0 Å². The summed E-state index contributed by atoms with van der Waals surface area (Å²) in [4.78, 5) is 33.6. The first-order valence-electron chi connectivity index (χ1n) is 11.4. The number of hydrogen-bond acceptors (Lipinski definition) is 5. The Morgan fingerprint density at radius 2 is 1.97 bits per heavy atom. The number of hydrogen-bond donors (Lipinski definition) is 1. The topological polar surface area (TPSA) is 71.5 Å². The Morgan fingerprint density at radius 3 is 2.71 bits per heavy atom. The molecule has 2 atom stereocenters. The van der Waals surface area contributed by atoms with Gasteiger partial charge in [0, 0.05) is 24.2 Å². The Hall–Kier alpha value is -3.26. The van der Waals surface area contributed by atoms with Crippen molar-refractivity contribution in [2.45, 2.75) is 45.2 Å². The van der Waals surface area contributed by atoms with Gasteiger partial charge in [0.05, 0.1) is 17.0 Å². The first-order valence-corrected chi connectivity index (χ1v) is 12.2. The molecule has 2 amide bonds. The van der Waals surface area contributed by atoms with Crippen molar-refractivity contribution in [1.82, 2.24) is 15.2 Å². The van der Waals surface area contributed by atoms with Gasteiger partial charge in [0.25, 0.3) is 11.8 Å². The van der Waals surface area contributed by atoms with Gasteiger partial charge in [-0.1, -0.05) is 18.2 Å². The van der Waals surface area contributed by atoms with E-state index < -0.39 is 0 Å². The number of nitrogens with zero attached hydrogens (tertiary/aromatic N) is 2. The Bertz CT molecular complexity index is 1180. The van der Waals surface area contributed by atoms with Crippen LogP contribution in [0.15, 0.2) is 48.5 Å². The third-order valence-corrected chi connectivity index (χ3v) is 7.16. The van der Waals surface area contributed by atoms with Gasteiger partial charge in [-0.25, -0.2) is 9.37 Å². The van der Waals surface area contributed by atoms with Crippen LogP contribution in [0.4, 0.5) is 4.39 Å². The minimum absolute atomic E-state index is 0.0167. The molecule has 1 saturated heterocycles. The largest absolute Gasteiger partial charge is 0.497 e. The fourth-order valence-electron chi connectivity index (χ4n) is 4.42. The number of amides is 2. The van der Waals surface area contributed by atoms with Gasteiger partial charge in [-0.05, 0) is 69.0 Å². The average Bonchev–Trinajstić information content (AvgIpc) is 3.24. The molecule has 1 N–H and O–H groups in total. The molecular weight excluding hydrogens is 453 g/mol. The van der Waals surface area contributed by atoms with E-state index in [9.17, 15) is 14.0 Å². The zero-order valence-corrected chi connectivity index (χ0v) is 20.3. The molecule has 1 aliphatic heterocycles. The second-order valence-corrected chi connectivity index (χ2v) is 9.71. The number of thiazole rings is 1. The lowest BCUT2D eigenvalue weighted by molar-refractivity contribution is 0.0468. The third kappa shape index (κ3) is 5.12. The third-order valence-electron chi connectivity index (χ3n) is 6.14. The van der Waals surface area contributed by atoms with Crippen molar-refractivity contribution in [2.24, 2.45) is 0 Å². The predicted octanol–water partition coefficient (Wildman–Crippen LogP) is 5.08. The van der Waals surface area contributed by atoms with Crippen LogP contribution in [0, 0.1) is 12.7 Å². The summed E-state index contributed by atoms with van der Waals surface area (Å²) in [5.74, 6) is -0.0742. The van der Waals surface area contributed by atoms with Crippen LogP contribution in [0.3, 0.4) is 0 Å². The molecule has 2 unspecified atom stereocenters. The van der Waals surface area contributed by atoms with Gasteiger partial charge in [-0.15, -0.1) is 11.3 Å². The highest BCUT2D eigenvalue weighted by molar-refractivity contribution is 7.15. The fourth-order valence-corrected chi connectivity index (χ4v) is 5.34. The second kappa shape index (κ2) is 10.3. The number of benzene rings is 2. The SMILES string of the molecule is COc1cccc(C(=O)NCC2CCCC(C)N2C(=O)c2nc(C)sc2-c2ccc(F)cc2)c1. The van der Waals surface area contributed by atoms with Crippen LogP contribution in [-0.4, -0.2) is 47.4 Å². The number of carbonyl (C=O) groups excluding carboxylic acids is 2. The number of ether oxygens (including phenoxy) is 1. The highest BCUT2D eigenvalue weighted by atomic mass is 32.1. The zero-order valence-electron chi connectivity index (χ0n) is 19.5. The number of nitrogens with one attached hydrogen (secondary N) is 1. The Morgan fingerprint density at radius 1 is 1.21 bits per heavy atom. The van der Waals surface area contributed by atoms with E-state index in [4.69, 9.17) is 4.74 Å². The standard InChI is InChI=1S/C26H28FN3O3S/c1-16-6-4-8-21(15-28-25(31)19-7-5-9-22(14-19)33-3)30(16)26(32)23-24(34-17(2)29-23)18-10-12-20(27)13-11-18/h5,7,9-14,16,21H,4,6,8,15H2,1-3H3,(H,28,31). The summed E-state index contributed by atoms with van der Waals surface area (Å²) in [6.45, 7) is 4.24. The van der Waals surface area contributed by atoms with Crippen LogP contribution in [0.2, 0.25) is 0 Å². The van der Waals surface area contributed by atoms with Gasteiger partial charge < -0.3 is 15.0 Å². The van der Waals surface area contributed by atoms with Crippen molar-refractivity contribution in [3.8, 4) is 16.2 Å². The number of aryl methyl sites for hydroxylation is 1. The van der Waals surface area contributed by atoms with E-state index in [-0.39, 0.29) is 29.7 Å². The van der Waals surface area contributed by atoms with E-state index in [1.165, 1.54) is 23.5 Å². The van der Waals surface area contributed by atoms with Crippen molar-refractivity contribution in [1.29, 1.82) is 0 Å². The van der Waals surface area contributed by atoms with Crippen LogP contribution in [-0.2, 0) is 0 Å². The molecular formula is C26H28FN3O3S. The number of halogens is 1. The summed E-state index contributed by atoms with van der Waals surface area (Å²) in [6, 6.07) is 13.0. The van der Waals surface area contributed by atoms with E-state index in [2.05, 4.69) is 10.3 Å². The minimum Gasteiger partial charge on any atom is -0.497 e. The number of rotatable bonds is 6. The number of aromatic nitrogens is 1. The number of carbonyl (C=O) groups is 2. The minimum atomic E-state index is -0.325. The summed E-state index contributed by atoms with van der Waals surface area (Å²) >= 11 is 1.42. The Labute approximate surface area is 202 Å². The summed E-state index contributed by atoms with van der Waals surface area (Å²) in [5, 5.41) is 3.76. The predicted molar refractivity (Wildman–Crippen MR) is 131 cm³/mol. The van der Waals surface area contributed by atoms with Crippen molar-refractivity contribution >= 4 is 23.2 Å². The molecule has 4 rings (SSSR count). The van der Waals surface area contributed by atoms with Crippen LogP contribution >= 0.6 is 11.3 Å². The maximum absolute atomic E-state index is 13.8. The Kier molecular flexibility index (Phi) is 7.26. The fraction of sp³-hybridized carbons (Fsp3) is 0.346. The van der Waals surface area contributed by atoms with Crippen molar-refractivity contribution in [2.75, 3.05) is 13.7 Å². The first kappa shape index (κ1) is 23.9. The summed E-state index contributed by atoms with van der Waals surface area (Å²) in [6.07, 6.45) is 2.66. The highest BCUT2D eigenvalue weighted by Gasteiger charge is 2.35. The van der Waals surface area contributed by atoms with E-state index >= 15 is 0 Å². The molecule has 178 valence electrons. The van der Waals surface area contributed by atoms with E-state index in [0.29, 0.717) is 23.6 Å². The molecule has 0 bridgehead atoms. The molecule has 0 saturated carbocycles. The zero-order chi connectivity index (χ0) is 24.2. The number of piperidine rings is 1. The second-order valence-electron chi connectivity index (χ2n) is 8.51. The smallest absolute Gasteiger partial charge is 0.274 e. The van der Waals surface area contributed by atoms with Crippen molar-refractivity contribution in [3.63, 3.8) is 0 Å². The maximum Gasteiger partial charge on any atom is 0.274 e.